The molecule has 1 aromatic rings. The number of dihydropyridines is 1. The lowest BCUT2D eigenvalue weighted by molar-refractivity contribution is 0.122. The van der Waals surface area contributed by atoms with Gasteiger partial charge in [-0.05, 0) is 42.7 Å². The molecule has 3 N–H and O–H groups in total. The van der Waals surface area contributed by atoms with Crippen molar-refractivity contribution in [1.29, 1.82) is 0 Å². The van der Waals surface area contributed by atoms with Crippen LogP contribution in [0.2, 0.25) is 0 Å². The van der Waals surface area contributed by atoms with E-state index in [0.29, 0.717) is 25.0 Å². The van der Waals surface area contributed by atoms with Crippen molar-refractivity contribution in [3.8, 4) is 0 Å². The Labute approximate surface area is 201 Å². The molecule has 7 nitrogen and oxygen atoms in total. The molecule has 3 heterocycles. The number of morpholine rings is 1. The van der Waals surface area contributed by atoms with E-state index in [1.807, 2.05) is 31.4 Å². The zero-order valence-corrected chi connectivity index (χ0v) is 19.9. The van der Waals surface area contributed by atoms with E-state index in [1.54, 1.807) is 6.08 Å². The van der Waals surface area contributed by atoms with Gasteiger partial charge in [0, 0.05) is 43.0 Å². The quantitative estimate of drug-likeness (QED) is 0.362. The number of aliphatic imine (C=N–C) groups is 1. The Morgan fingerprint density at radius 1 is 1.26 bits per heavy atom. The standard InChI is InChI=1S/C27H32N6O/c1-3-5-6-10-20(9-4-2)21-17-23-24(18-21)30-27(32-26(23)33-13-15-34-16-14-33)31-25(28)19-22-11-7-8-12-29-22/h4-12,18-19,29H,3,13-17H2,1-2H3,(H2,28,30,31,32)/b6-5+,9-4-,20-10+,22-19-. The number of hydrogen-bond acceptors (Lipinski definition) is 6. The van der Waals surface area contributed by atoms with Crippen molar-refractivity contribution in [2.24, 2.45) is 10.7 Å². The maximum atomic E-state index is 6.21. The topological polar surface area (TPSA) is 88.7 Å². The summed E-state index contributed by atoms with van der Waals surface area (Å²) < 4.78 is 5.57. The SMILES string of the molecule is C\C=C/C(=C\C=C\CC)C1=Cc2nc(/N=C(N)\C=C3\C=CC=CN3)nc(N3CCOCC3)c2C1. The van der Waals surface area contributed by atoms with Gasteiger partial charge in [0.15, 0.2) is 0 Å². The van der Waals surface area contributed by atoms with Gasteiger partial charge in [-0.15, -0.1) is 0 Å². The second kappa shape index (κ2) is 11.4. The van der Waals surface area contributed by atoms with Crippen LogP contribution in [0.25, 0.3) is 6.08 Å². The Hall–Kier alpha value is -3.71. The van der Waals surface area contributed by atoms with Crippen molar-refractivity contribution in [1.82, 2.24) is 15.3 Å². The van der Waals surface area contributed by atoms with Crippen molar-refractivity contribution in [2.75, 3.05) is 31.2 Å². The summed E-state index contributed by atoms with van der Waals surface area (Å²) in [6, 6.07) is 0. The third-order valence-electron chi connectivity index (χ3n) is 5.62. The molecule has 7 heteroatoms. The molecule has 0 saturated carbocycles. The summed E-state index contributed by atoms with van der Waals surface area (Å²) in [5.41, 5.74) is 11.5. The number of amidine groups is 1. The third-order valence-corrected chi connectivity index (χ3v) is 5.62. The van der Waals surface area contributed by atoms with Crippen LogP contribution in [0.5, 0.6) is 0 Å². The summed E-state index contributed by atoms with van der Waals surface area (Å²) in [5, 5.41) is 3.13. The molecule has 0 unspecified atom stereocenters. The second-order valence-electron chi connectivity index (χ2n) is 8.11. The Balaban J connectivity index is 1.71. The first-order chi connectivity index (χ1) is 16.7. The zero-order valence-electron chi connectivity index (χ0n) is 19.9. The summed E-state index contributed by atoms with van der Waals surface area (Å²) in [7, 11) is 0. The fraction of sp³-hybridized carbons (Fsp3) is 0.296. The maximum Gasteiger partial charge on any atom is 0.253 e. The molecular formula is C27H32N6O. The number of nitrogens with zero attached hydrogens (tertiary/aromatic N) is 4. The molecule has 3 aliphatic rings. The van der Waals surface area contributed by atoms with Gasteiger partial charge in [-0.1, -0.05) is 43.4 Å². The number of hydrogen-bond donors (Lipinski definition) is 2. The fourth-order valence-corrected chi connectivity index (χ4v) is 4.01. The van der Waals surface area contributed by atoms with E-state index in [-0.39, 0.29) is 0 Å². The number of rotatable bonds is 7. The van der Waals surface area contributed by atoms with Crippen LogP contribution in [0.15, 0.2) is 82.7 Å². The Morgan fingerprint density at radius 2 is 2.12 bits per heavy atom. The van der Waals surface area contributed by atoms with Gasteiger partial charge in [-0.2, -0.15) is 9.98 Å². The summed E-state index contributed by atoms with van der Waals surface area (Å²) in [6.07, 6.45) is 24.0. The van der Waals surface area contributed by atoms with Crippen LogP contribution >= 0.6 is 0 Å². The van der Waals surface area contributed by atoms with Gasteiger partial charge < -0.3 is 20.7 Å². The zero-order chi connectivity index (χ0) is 23.8. The van der Waals surface area contributed by atoms with Crippen molar-refractivity contribution < 1.29 is 4.74 Å². The van der Waals surface area contributed by atoms with Crippen molar-refractivity contribution in [2.45, 2.75) is 26.7 Å². The minimum absolute atomic E-state index is 0.344. The molecule has 0 amide bonds. The molecule has 1 aromatic heterocycles. The van der Waals surface area contributed by atoms with Crippen LogP contribution in [-0.2, 0) is 11.2 Å². The average molecular weight is 457 g/mol. The lowest BCUT2D eigenvalue weighted by Gasteiger charge is -2.29. The van der Waals surface area contributed by atoms with E-state index in [9.17, 15) is 0 Å². The predicted octanol–water partition coefficient (Wildman–Crippen LogP) is 4.27. The number of aromatic nitrogens is 2. The van der Waals surface area contributed by atoms with Crippen molar-refractivity contribution in [3.05, 3.63) is 89.0 Å². The molecule has 176 valence electrons. The van der Waals surface area contributed by atoms with E-state index in [2.05, 4.69) is 58.6 Å². The van der Waals surface area contributed by atoms with Crippen LogP contribution in [0.3, 0.4) is 0 Å². The highest BCUT2D eigenvalue weighted by Gasteiger charge is 2.25. The normalized spacial score (nSPS) is 19.9. The minimum Gasteiger partial charge on any atom is -0.384 e. The number of allylic oxidation sites excluding steroid dienone is 10. The minimum atomic E-state index is 0.344. The monoisotopic (exact) mass is 456 g/mol. The van der Waals surface area contributed by atoms with Crippen LogP contribution in [-0.4, -0.2) is 42.1 Å². The Kier molecular flexibility index (Phi) is 7.88. The number of nitrogens with one attached hydrogen (secondary N) is 1. The molecule has 4 rings (SSSR count). The van der Waals surface area contributed by atoms with E-state index in [0.717, 1.165) is 48.7 Å². The first-order valence-corrected chi connectivity index (χ1v) is 11.8. The predicted molar refractivity (Wildman–Crippen MR) is 140 cm³/mol. The van der Waals surface area contributed by atoms with Gasteiger partial charge in [0.2, 0.25) is 0 Å². The Bertz CT molecular complexity index is 1140. The van der Waals surface area contributed by atoms with E-state index in [4.69, 9.17) is 20.4 Å². The molecule has 2 aliphatic heterocycles. The van der Waals surface area contributed by atoms with E-state index < -0.39 is 0 Å². The first kappa shape index (κ1) is 23.4. The second-order valence-corrected chi connectivity index (χ2v) is 8.11. The van der Waals surface area contributed by atoms with Gasteiger partial charge in [0.05, 0.1) is 18.9 Å². The first-order valence-electron chi connectivity index (χ1n) is 11.8. The molecule has 0 spiro atoms. The van der Waals surface area contributed by atoms with Gasteiger partial charge in [-0.25, -0.2) is 4.98 Å². The molecule has 0 atom stereocenters. The average Bonchev–Trinajstić information content (AvgIpc) is 3.28. The molecule has 34 heavy (non-hydrogen) atoms. The van der Waals surface area contributed by atoms with E-state index in [1.165, 1.54) is 11.1 Å². The lowest BCUT2D eigenvalue weighted by Crippen LogP contribution is -2.37. The van der Waals surface area contributed by atoms with Gasteiger partial charge >= 0.3 is 0 Å². The smallest absolute Gasteiger partial charge is 0.253 e. The van der Waals surface area contributed by atoms with Gasteiger partial charge in [0.25, 0.3) is 5.95 Å². The van der Waals surface area contributed by atoms with Crippen molar-refractivity contribution >= 4 is 23.7 Å². The summed E-state index contributed by atoms with van der Waals surface area (Å²) in [5.74, 6) is 1.63. The number of ether oxygens (including phenoxy) is 1. The van der Waals surface area contributed by atoms with Crippen LogP contribution < -0.4 is 16.0 Å². The summed E-state index contributed by atoms with van der Waals surface area (Å²) in [4.78, 5) is 16.4. The molecule has 1 aliphatic carbocycles. The number of nitrogens with two attached hydrogens (primary N) is 1. The lowest BCUT2D eigenvalue weighted by atomic mass is 10.0. The van der Waals surface area contributed by atoms with Crippen LogP contribution in [0.4, 0.5) is 11.8 Å². The third kappa shape index (κ3) is 5.80. The largest absolute Gasteiger partial charge is 0.384 e. The highest BCUT2D eigenvalue weighted by Crippen LogP contribution is 2.36. The molecule has 0 radical (unpaired) electrons. The molecule has 0 aromatic carbocycles. The summed E-state index contributed by atoms with van der Waals surface area (Å²) >= 11 is 0. The van der Waals surface area contributed by atoms with Gasteiger partial charge in [0.1, 0.15) is 11.7 Å². The maximum absolute atomic E-state index is 6.21. The highest BCUT2D eigenvalue weighted by molar-refractivity contribution is 5.94. The van der Waals surface area contributed by atoms with Crippen molar-refractivity contribution in [3.63, 3.8) is 0 Å². The number of anilines is 1. The summed E-state index contributed by atoms with van der Waals surface area (Å²) in [6.45, 7) is 7.12. The number of fused-ring (bicyclic) bond motifs is 1. The molecule has 1 saturated heterocycles. The highest BCUT2D eigenvalue weighted by atomic mass is 16.5. The molecule has 1 fully saturated rings. The van der Waals surface area contributed by atoms with Crippen LogP contribution in [0.1, 0.15) is 31.5 Å². The van der Waals surface area contributed by atoms with Crippen LogP contribution in [0, 0.1) is 0 Å². The Morgan fingerprint density at radius 3 is 2.85 bits per heavy atom. The molecule has 0 bridgehead atoms. The van der Waals surface area contributed by atoms with E-state index >= 15 is 0 Å². The van der Waals surface area contributed by atoms with Gasteiger partial charge in [-0.3, -0.25) is 0 Å². The molecular weight excluding hydrogens is 424 g/mol. The fourth-order valence-electron chi connectivity index (χ4n) is 4.01.